The number of esters is 1. The van der Waals surface area contributed by atoms with Crippen molar-refractivity contribution in [3.8, 4) is 6.07 Å². The maximum Gasteiger partial charge on any atom is 0.337 e. The Morgan fingerprint density at radius 3 is 2.68 bits per heavy atom. The monoisotopic (exact) mass is 301 g/mol. The summed E-state index contributed by atoms with van der Waals surface area (Å²) in [5, 5.41) is 11.3. The highest BCUT2D eigenvalue weighted by Gasteiger charge is 2.18. The van der Waals surface area contributed by atoms with Crippen LogP contribution in [0.4, 0.5) is 11.4 Å². The second-order valence-corrected chi connectivity index (χ2v) is 5.15. The highest BCUT2D eigenvalue weighted by Crippen LogP contribution is 2.30. The van der Waals surface area contributed by atoms with Gasteiger partial charge in [0.15, 0.2) is 0 Å². The number of carbonyl (C=O) groups is 2. The zero-order valence-electron chi connectivity index (χ0n) is 12.6. The largest absolute Gasteiger partial charge is 0.465 e. The molecule has 1 aromatic carbocycles. The number of piperidine rings is 1. The smallest absolute Gasteiger partial charge is 0.337 e. The molecule has 1 aliphatic heterocycles. The van der Waals surface area contributed by atoms with Gasteiger partial charge < -0.3 is 15.0 Å². The molecule has 0 atom stereocenters. The minimum atomic E-state index is -0.409. The molecule has 0 unspecified atom stereocenters. The van der Waals surface area contributed by atoms with E-state index in [1.807, 2.05) is 6.07 Å². The second-order valence-electron chi connectivity index (χ2n) is 5.15. The molecule has 22 heavy (non-hydrogen) atoms. The van der Waals surface area contributed by atoms with Crippen molar-refractivity contribution in [2.75, 3.05) is 30.4 Å². The SMILES string of the molecule is COC(=O)c1ccc(NC(=O)CC#N)c(N2CCCCC2)c1. The molecule has 0 spiro atoms. The van der Waals surface area contributed by atoms with Crippen molar-refractivity contribution in [2.24, 2.45) is 0 Å². The Balaban J connectivity index is 2.32. The van der Waals surface area contributed by atoms with Crippen LogP contribution < -0.4 is 10.2 Å². The first-order chi connectivity index (χ1) is 10.7. The number of carbonyl (C=O) groups excluding carboxylic acids is 2. The van der Waals surface area contributed by atoms with E-state index < -0.39 is 5.97 Å². The average Bonchev–Trinajstić information content (AvgIpc) is 2.55. The zero-order chi connectivity index (χ0) is 15.9. The molecule has 6 heteroatoms. The molecule has 0 radical (unpaired) electrons. The van der Waals surface area contributed by atoms with Crippen LogP contribution in [0.1, 0.15) is 36.0 Å². The molecule has 1 aromatic rings. The van der Waals surface area contributed by atoms with Crippen LogP contribution in [0.2, 0.25) is 0 Å². The van der Waals surface area contributed by atoms with Gasteiger partial charge in [-0.3, -0.25) is 4.79 Å². The van der Waals surface area contributed by atoms with Gasteiger partial charge in [-0.2, -0.15) is 5.26 Å². The Morgan fingerprint density at radius 2 is 2.05 bits per heavy atom. The van der Waals surface area contributed by atoms with Crippen LogP contribution in [-0.2, 0) is 9.53 Å². The van der Waals surface area contributed by atoms with Crippen molar-refractivity contribution in [3.63, 3.8) is 0 Å². The number of nitrogens with one attached hydrogen (secondary N) is 1. The van der Waals surface area contributed by atoms with E-state index in [4.69, 9.17) is 10.00 Å². The molecule has 0 bridgehead atoms. The summed E-state index contributed by atoms with van der Waals surface area (Å²) in [6.45, 7) is 1.76. The summed E-state index contributed by atoms with van der Waals surface area (Å²) in [4.78, 5) is 25.5. The fourth-order valence-electron chi connectivity index (χ4n) is 2.54. The molecule has 1 amide bonds. The quantitative estimate of drug-likeness (QED) is 0.863. The summed E-state index contributed by atoms with van der Waals surface area (Å²) in [7, 11) is 1.34. The van der Waals surface area contributed by atoms with Crippen LogP contribution in [0.25, 0.3) is 0 Å². The lowest BCUT2D eigenvalue weighted by Crippen LogP contribution is -2.30. The molecule has 1 aliphatic rings. The van der Waals surface area contributed by atoms with Crippen LogP contribution in [0.15, 0.2) is 18.2 Å². The molecule has 0 aliphatic carbocycles. The minimum absolute atomic E-state index is 0.196. The number of rotatable bonds is 4. The molecule has 0 aromatic heterocycles. The standard InChI is InChI=1S/C16H19N3O3/c1-22-16(21)12-5-6-13(18-15(20)7-8-17)14(11-12)19-9-3-2-4-10-19/h5-6,11H,2-4,7,9-10H2,1H3,(H,18,20). The van der Waals surface area contributed by atoms with E-state index in [-0.39, 0.29) is 12.3 Å². The molecule has 2 rings (SSSR count). The molecule has 6 nitrogen and oxygen atoms in total. The number of hydrogen-bond donors (Lipinski definition) is 1. The van der Waals surface area contributed by atoms with Crippen molar-refractivity contribution < 1.29 is 14.3 Å². The highest BCUT2D eigenvalue weighted by atomic mass is 16.5. The van der Waals surface area contributed by atoms with Crippen molar-refractivity contribution in [2.45, 2.75) is 25.7 Å². The summed E-state index contributed by atoms with van der Waals surface area (Å²) in [6, 6.07) is 6.86. The first kappa shape index (κ1) is 15.8. The third-order valence-electron chi connectivity index (χ3n) is 3.63. The fourth-order valence-corrected chi connectivity index (χ4v) is 2.54. The van der Waals surface area contributed by atoms with Crippen molar-refractivity contribution in [1.29, 1.82) is 5.26 Å². The van der Waals surface area contributed by atoms with E-state index in [2.05, 4.69) is 10.2 Å². The van der Waals surface area contributed by atoms with E-state index in [1.54, 1.807) is 18.2 Å². The Morgan fingerprint density at radius 1 is 1.32 bits per heavy atom. The van der Waals surface area contributed by atoms with Gasteiger partial charge in [-0.25, -0.2) is 4.79 Å². The fraction of sp³-hybridized carbons (Fsp3) is 0.438. The second kappa shape index (κ2) is 7.46. The zero-order valence-corrected chi connectivity index (χ0v) is 12.6. The average molecular weight is 301 g/mol. The van der Waals surface area contributed by atoms with Crippen molar-refractivity contribution in [3.05, 3.63) is 23.8 Å². The Kier molecular flexibility index (Phi) is 5.37. The molecular formula is C16H19N3O3. The van der Waals surface area contributed by atoms with Gasteiger partial charge in [-0.15, -0.1) is 0 Å². The normalized spacial score (nSPS) is 14.1. The third kappa shape index (κ3) is 3.76. The summed E-state index contributed by atoms with van der Waals surface area (Å²) in [5.41, 5.74) is 1.87. The van der Waals surface area contributed by atoms with Crippen molar-refractivity contribution >= 4 is 23.3 Å². The van der Waals surface area contributed by atoms with Gasteiger partial charge in [0.2, 0.25) is 5.91 Å². The Labute approximate surface area is 129 Å². The number of anilines is 2. The minimum Gasteiger partial charge on any atom is -0.465 e. The first-order valence-corrected chi connectivity index (χ1v) is 7.30. The number of amides is 1. The van der Waals surface area contributed by atoms with Crippen LogP contribution >= 0.6 is 0 Å². The highest BCUT2D eigenvalue weighted by molar-refractivity contribution is 5.98. The summed E-state index contributed by atoms with van der Waals surface area (Å²) < 4.78 is 4.75. The van der Waals surface area contributed by atoms with Crippen LogP contribution in [0.3, 0.4) is 0 Å². The number of nitrogens with zero attached hydrogens (tertiary/aromatic N) is 2. The number of hydrogen-bond acceptors (Lipinski definition) is 5. The lowest BCUT2D eigenvalue weighted by Gasteiger charge is -2.30. The number of methoxy groups -OCH3 is 1. The van der Waals surface area contributed by atoms with Gasteiger partial charge >= 0.3 is 5.97 Å². The molecular weight excluding hydrogens is 282 g/mol. The number of ether oxygens (including phenoxy) is 1. The van der Waals surface area contributed by atoms with Gasteiger partial charge in [0.25, 0.3) is 0 Å². The van der Waals surface area contributed by atoms with E-state index in [0.29, 0.717) is 11.3 Å². The maximum absolute atomic E-state index is 11.7. The van der Waals surface area contributed by atoms with E-state index >= 15 is 0 Å². The molecule has 1 N–H and O–H groups in total. The summed E-state index contributed by atoms with van der Waals surface area (Å²) in [6.07, 6.45) is 3.14. The predicted octanol–water partition coefficient (Wildman–Crippen LogP) is 2.32. The topological polar surface area (TPSA) is 82.4 Å². The Hall–Kier alpha value is -2.55. The molecule has 1 fully saturated rings. The summed E-state index contributed by atoms with van der Waals surface area (Å²) in [5.74, 6) is -0.764. The van der Waals surface area contributed by atoms with Gasteiger partial charge in [0.05, 0.1) is 30.1 Å². The Bertz CT molecular complexity index is 601. The van der Waals surface area contributed by atoms with E-state index in [0.717, 1.165) is 31.6 Å². The van der Waals surface area contributed by atoms with Gasteiger partial charge in [-0.1, -0.05) is 0 Å². The van der Waals surface area contributed by atoms with Crippen LogP contribution in [0.5, 0.6) is 0 Å². The van der Waals surface area contributed by atoms with Gasteiger partial charge in [0, 0.05) is 13.1 Å². The van der Waals surface area contributed by atoms with E-state index in [1.165, 1.54) is 13.5 Å². The molecule has 1 saturated heterocycles. The molecule has 116 valence electrons. The lowest BCUT2D eigenvalue weighted by molar-refractivity contribution is -0.115. The summed E-state index contributed by atoms with van der Waals surface area (Å²) >= 11 is 0. The molecule has 0 saturated carbocycles. The van der Waals surface area contributed by atoms with Gasteiger partial charge in [0.1, 0.15) is 6.42 Å². The van der Waals surface area contributed by atoms with Crippen molar-refractivity contribution in [1.82, 2.24) is 0 Å². The van der Waals surface area contributed by atoms with Crippen LogP contribution in [0, 0.1) is 11.3 Å². The van der Waals surface area contributed by atoms with E-state index in [9.17, 15) is 9.59 Å². The lowest BCUT2D eigenvalue weighted by atomic mass is 10.1. The number of benzene rings is 1. The molecule has 1 heterocycles. The first-order valence-electron chi connectivity index (χ1n) is 7.30. The third-order valence-corrected chi connectivity index (χ3v) is 3.63. The number of nitriles is 1. The predicted molar refractivity (Wildman–Crippen MR) is 82.7 cm³/mol. The maximum atomic E-state index is 11.7. The van der Waals surface area contributed by atoms with Crippen LogP contribution in [-0.4, -0.2) is 32.1 Å². The van der Waals surface area contributed by atoms with Gasteiger partial charge in [-0.05, 0) is 37.5 Å².